The van der Waals surface area contributed by atoms with Gasteiger partial charge in [0.05, 0.1) is 6.61 Å². The molecule has 1 saturated heterocycles. The maximum absolute atomic E-state index is 11.9. The van der Waals surface area contributed by atoms with Crippen molar-refractivity contribution < 1.29 is 9.53 Å². The molecule has 0 aromatic carbocycles. The van der Waals surface area contributed by atoms with Gasteiger partial charge in [0.25, 0.3) is 0 Å². The highest BCUT2D eigenvalue weighted by Crippen LogP contribution is 2.18. The molecule has 0 spiro atoms. The second-order valence-electron chi connectivity index (χ2n) is 5.17. The van der Waals surface area contributed by atoms with Crippen LogP contribution in [0.25, 0.3) is 0 Å². The van der Waals surface area contributed by atoms with E-state index in [0.29, 0.717) is 19.7 Å². The fourth-order valence-electron chi connectivity index (χ4n) is 2.38. The lowest BCUT2D eigenvalue weighted by atomic mass is 10.2. The lowest BCUT2D eigenvalue weighted by molar-refractivity contribution is 0.0989. The van der Waals surface area contributed by atoms with E-state index >= 15 is 0 Å². The fourth-order valence-corrected chi connectivity index (χ4v) is 2.38. The lowest BCUT2D eigenvalue weighted by Crippen LogP contribution is -2.49. The third-order valence-electron chi connectivity index (χ3n) is 3.71. The zero-order valence-electron chi connectivity index (χ0n) is 12.9. The summed E-state index contributed by atoms with van der Waals surface area (Å²) >= 11 is 0. The van der Waals surface area contributed by atoms with Crippen molar-refractivity contribution >= 4 is 11.9 Å². The maximum atomic E-state index is 11.9. The van der Waals surface area contributed by atoms with Gasteiger partial charge in [0.15, 0.2) is 0 Å². The van der Waals surface area contributed by atoms with Crippen LogP contribution in [0.2, 0.25) is 0 Å². The molecule has 0 aliphatic carbocycles. The number of amides is 1. The highest BCUT2D eigenvalue weighted by Gasteiger charge is 2.23. The zero-order chi connectivity index (χ0) is 15.1. The molecular weight excluding hydrogens is 268 g/mol. The average Bonchev–Trinajstić information content (AvgIpc) is 2.55. The number of nitrogens with zero attached hydrogens (tertiary/aromatic N) is 4. The quantitative estimate of drug-likeness (QED) is 0.778. The summed E-state index contributed by atoms with van der Waals surface area (Å²) in [6.07, 6.45) is 6.13. The van der Waals surface area contributed by atoms with E-state index in [1.807, 2.05) is 6.20 Å². The molecule has 0 radical (unpaired) electrons. The van der Waals surface area contributed by atoms with E-state index < -0.39 is 0 Å². The second-order valence-corrected chi connectivity index (χ2v) is 5.17. The van der Waals surface area contributed by atoms with E-state index in [4.69, 9.17) is 4.74 Å². The van der Waals surface area contributed by atoms with Crippen LogP contribution in [0.3, 0.4) is 0 Å². The number of carbonyl (C=O) groups excluding carboxylic acids is 1. The summed E-state index contributed by atoms with van der Waals surface area (Å²) in [6.45, 7) is 7.63. The minimum absolute atomic E-state index is 0.193. The van der Waals surface area contributed by atoms with Crippen LogP contribution in [0.5, 0.6) is 0 Å². The number of piperazine rings is 1. The molecule has 1 aliphatic heterocycles. The van der Waals surface area contributed by atoms with Crippen LogP contribution in [0, 0.1) is 0 Å². The molecule has 21 heavy (non-hydrogen) atoms. The highest BCUT2D eigenvalue weighted by atomic mass is 16.6. The van der Waals surface area contributed by atoms with E-state index in [-0.39, 0.29) is 6.09 Å². The Morgan fingerprint density at radius 3 is 2.71 bits per heavy atom. The molecule has 1 aromatic rings. The number of aryl methyl sites for hydroxylation is 1. The minimum Gasteiger partial charge on any atom is -0.449 e. The predicted molar refractivity (Wildman–Crippen MR) is 81.5 cm³/mol. The third kappa shape index (κ3) is 4.06. The number of rotatable bonds is 5. The normalized spacial score (nSPS) is 15.1. The predicted octanol–water partition coefficient (Wildman–Crippen LogP) is 2.10. The largest absolute Gasteiger partial charge is 0.449 e. The van der Waals surface area contributed by atoms with Crippen molar-refractivity contribution in [3.05, 3.63) is 18.1 Å². The Morgan fingerprint density at radius 1 is 1.29 bits per heavy atom. The molecule has 2 rings (SSSR count). The summed E-state index contributed by atoms with van der Waals surface area (Å²) in [7, 11) is 0. The molecule has 1 fully saturated rings. The van der Waals surface area contributed by atoms with Crippen molar-refractivity contribution in [3.8, 4) is 0 Å². The molecule has 116 valence electrons. The van der Waals surface area contributed by atoms with E-state index in [0.717, 1.165) is 43.7 Å². The number of hydrogen-bond donors (Lipinski definition) is 0. The molecule has 6 heteroatoms. The van der Waals surface area contributed by atoms with Gasteiger partial charge in [-0.05, 0) is 12.8 Å². The smallest absolute Gasteiger partial charge is 0.409 e. The van der Waals surface area contributed by atoms with Gasteiger partial charge in [-0.15, -0.1) is 0 Å². The monoisotopic (exact) mass is 292 g/mol. The first kappa shape index (κ1) is 15.5. The van der Waals surface area contributed by atoms with Gasteiger partial charge in [0, 0.05) is 37.9 Å². The van der Waals surface area contributed by atoms with Crippen molar-refractivity contribution in [1.82, 2.24) is 14.9 Å². The van der Waals surface area contributed by atoms with E-state index in [9.17, 15) is 4.79 Å². The molecule has 0 bridgehead atoms. The van der Waals surface area contributed by atoms with Crippen LogP contribution < -0.4 is 4.90 Å². The van der Waals surface area contributed by atoms with Gasteiger partial charge < -0.3 is 14.5 Å². The molecular formula is C15H24N4O2. The van der Waals surface area contributed by atoms with Crippen LogP contribution in [0.15, 0.2) is 12.5 Å². The summed E-state index contributed by atoms with van der Waals surface area (Å²) in [6, 6.07) is 0. The first-order valence-electron chi connectivity index (χ1n) is 7.71. The number of hydrogen-bond acceptors (Lipinski definition) is 5. The van der Waals surface area contributed by atoms with Crippen LogP contribution in [0.1, 0.15) is 32.3 Å². The molecule has 1 aromatic heterocycles. The Labute approximate surface area is 126 Å². The van der Waals surface area contributed by atoms with Crippen LogP contribution >= 0.6 is 0 Å². The van der Waals surface area contributed by atoms with Gasteiger partial charge in [-0.1, -0.05) is 20.3 Å². The summed E-state index contributed by atoms with van der Waals surface area (Å²) in [5.74, 6) is 0.992. The molecule has 1 amide bonds. The summed E-state index contributed by atoms with van der Waals surface area (Å²) < 4.78 is 5.25. The summed E-state index contributed by atoms with van der Waals surface area (Å²) in [4.78, 5) is 24.4. The molecule has 0 atom stereocenters. The molecule has 0 saturated carbocycles. The van der Waals surface area contributed by atoms with Crippen molar-refractivity contribution in [2.24, 2.45) is 0 Å². The number of unbranched alkanes of at least 4 members (excludes halogenated alkanes) is 1. The average molecular weight is 292 g/mol. The Bertz CT molecular complexity index is 459. The van der Waals surface area contributed by atoms with Gasteiger partial charge in [-0.3, -0.25) is 0 Å². The number of ether oxygens (including phenoxy) is 1. The van der Waals surface area contributed by atoms with E-state index in [1.165, 1.54) is 0 Å². The first-order valence-corrected chi connectivity index (χ1v) is 7.71. The topological polar surface area (TPSA) is 58.6 Å². The van der Waals surface area contributed by atoms with Crippen molar-refractivity contribution in [1.29, 1.82) is 0 Å². The molecule has 0 N–H and O–H groups in total. The van der Waals surface area contributed by atoms with Crippen LogP contribution in [-0.2, 0) is 11.2 Å². The second kappa shape index (κ2) is 7.81. The van der Waals surface area contributed by atoms with E-state index in [1.54, 1.807) is 11.2 Å². The molecule has 2 heterocycles. The number of aromatic nitrogens is 2. The van der Waals surface area contributed by atoms with Gasteiger partial charge in [0.2, 0.25) is 0 Å². The minimum atomic E-state index is -0.193. The SMILES string of the molecule is CCCCOC(=O)N1CCN(c2ncncc2CC)CC1. The van der Waals surface area contributed by atoms with Gasteiger partial charge in [-0.2, -0.15) is 0 Å². The maximum Gasteiger partial charge on any atom is 0.409 e. The standard InChI is InChI=1S/C15H24N4O2/c1-3-5-10-21-15(20)19-8-6-18(7-9-19)14-13(4-2)11-16-12-17-14/h11-12H,3-10H2,1-2H3. The summed E-state index contributed by atoms with van der Waals surface area (Å²) in [5.41, 5.74) is 1.15. The van der Waals surface area contributed by atoms with Crippen molar-refractivity contribution in [2.45, 2.75) is 33.1 Å². The van der Waals surface area contributed by atoms with Crippen LogP contribution in [0.4, 0.5) is 10.6 Å². The molecule has 6 nitrogen and oxygen atoms in total. The summed E-state index contributed by atoms with van der Waals surface area (Å²) in [5, 5.41) is 0. The highest BCUT2D eigenvalue weighted by molar-refractivity contribution is 5.68. The van der Waals surface area contributed by atoms with Gasteiger partial charge in [-0.25, -0.2) is 14.8 Å². The number of carbonyl (C=O) groups is 1. The van der Waals surface area contributed by atoms with Crippen molar-refractivity contribution in [2.75, 3.05) is 37.7 Å². The van der Waals surface area contributed by atoms with Crippen LogP contribution in [-0.4, -0.2) is 53.7 Å². The Kier molecular flexibility index (Phi) is 5.78. The fraction of sp³-hybridized carbons (Fsp3) is 0.667. The Hall–Kier alpha value is -1.85. The van der Waals surface area contributed by atoms with Gasteiger partial charge in [0.1, 0.15) is 12.1 Å². The lowest BCUT2D eigenvalue weighted by Gasteiger charge is -2.35. The van der Waals surface area contributed by atoms with Crippen molar-refractivity contribution in [3.63, 3.8) is 0 Å². The number of anilines is 1. The van der Waals surface area contributed by atoms with E-state index in [2.05, 4.69) is 28.7 Å². The third-order valence-corrected chi connectivity index (χ3v) is 3.71. The van der Waals surface area contributed by atoms with Gasteiger partial charge >= 0.3 is 6.09 Å². The Balaban J connectivity index is 1.87. The Morgan fingerprint density at radius 2 is 2.05 bits per heavy atom. The molecule has 0 unspecified atom stereocenters. The first-order chi connectivity index (χ1) is 10.3. The molecule has 1 aliphatic rings. The zero-order valence-corrected chi connectivity index (χ0v) is 12.9.